The molecule has 4 N–H and O–H groups in total. The number of amides is 3. The van der Waals surface area contributed by atoms with Crippen LogP contribution in [0.3, 0.4) is 0 Å². The molecule has 3 aromatic rings. The number of carbonyl (C=O) groups is 3. The predicted molar refractivity (Wildman–Crippen MR) is 148 cm³/mol. The molecule has 0 fully saturated rings. The van der Waals surface area contributed by atoms with Gasteiger partial charge >= 0.3 is 0 Å². The van der Waals surface area contributed by atoms with Gasteiger partial charge in [0, 0.05) is 16.8 Å². The Kier molecular flexibility index (Phi) is 8.97. The largest absolute Gasteiger partial charge is 0.484 e. The molecule has 0 unspecified atom stereocenters. The zero-order valence-electron chi connectivity index (χ0n) is 21.2. The third-order valence-corrected chi connectivity index (χ3v) is 5.52. The fourth-order valence-electron chi connectivity index (χ4n) is 3.27. The molecular formula is C28H30N4O4S. The number of nitrogens with one attached hydrogen (secondary N) is 4. The van der Waals surface area contributed by atoms with E-state index in [-0.39, 0.29) is 23.0 Å². The van der Waals surface area contributed by atoms with E-state index in [1.54, 1.807) is 36.4 Å². The van der Waals surface area contributed by atoms with Crippen LogP contribution in [0.2, 0.25) is 0 Å². The molecule has 37 heavy (non-hydrogen) atoms. The Morgan fingerprint density at radius 3 is 2.14 bits per heavy atom. The molecule has 0 saturated carbocycles. The third kappa shape index (κ3) is 8.43. The predicted octanol–water partition coefficient (Wildman–Crippen LogP) is 4.26. The molecule has 3 aromatic carbocycles. The van der Waals surface area contributed by atoms with Crippen molar-refractivity contribution in [2.75, 3.05) is 11.9 Å². The van der Waals surface area contributed by atoms with Crippen molar-refractivity contribution in [2.24, 2.45) is 0 Å². The van der Waals surface area contributed by atoms with Crippen molar-refractivity contribution < 1.29 is 19.1 Å². The molecule has 0 atom stereocenters. The summed E-state index contributed by atoms with van der Waals surface area (Å²) in [7, 11) is 0. The summed E-state index contributed by atoms with van der Waals surface area (Å²) >= 11 is 5.05. The molecule has 0 spiro atoms. The van der Waals surface area contributed by atoms with E-state index in [2.05, 4.69) is 42.3 Å². The first-order valence-electron chi connectivity index (χ1n) is 11.6. The second-order valence-electron chi connectivity index (χ2n) is 9.42. The van der Waals surface area contributed by atoms with Crippen LogP contribution in [-0.2, 0) is 10.2 Å². The molecule has 0 aliphatic rings. The van der Waals surface area contributed by atoms with E-state index in [1.165, 1.54) is 0 Å². The summed E-state index contributed by atoms with van der Waals surface area (Å²) < 4.78 is 5.49. The van der Waals surface area contributed by atoms with Gasteiger partial charge < -0.3 is 10.1 Å². The van der Waals surface area contributed by atoms with Crippen LogP contribution in [0.4, 0.5) is 5.69 Å². The van der Waals surface area contributed by atoms with Crippen molar-refractivity contribution in [1.29, 1.82) is 0 Å². The first-order chi connectivity index (χ1) is 17.5. The van der Waals surface area contributed by atoms with Crippen LogP contribution >= 0.6 is 12.2 Å². The van der Waals surface area contributed by atoms with E-state index >= 15 is 0 Å². The number of rotatable bonds is 6. The lowest BCUT2D eigenvalue weighted by atomic mass is 9.87. The van der Waals surface area contributed by atoms with Gasteiger partial charge in [-0.05, 0) is 78.7 Å². The van der Waals surface area contributed by atoms with Crippen LogP contribution in [0, 0.1) is 6.92 Å². The van der Waals surface area contributed by atoms with Crippen LogP contribution in [-0.4, -0.2) is 29.4 Å². The maximum atomic E-state index is 12.4. The van der Waals surface area contributed by atoms with Crippen molar-refractivity contribution in [3.05, 3.63) is 95.1 Å². The van der Waals surface area contributed by atoms with E-state index < -0.39 is 11.8 Å². The standard InChI is InChI=1S/C28H30N4O4S/c1-18-6-5-7-20(16-18)25(34)29-22-12-8-19(9-13-22)26(35)31-32-27(37)30-24(33)17-36-23-14-10-21(11-15-23)28(2,3)4/h5-16H,17H2,1-4H3,(H,29,34)(H,31,35)(H2,30,32,33,37). The van der Waals surface area contributed by atoms with Crippen molar-refractivity contribution in [1.82, 2.24) is 16.2 Å². The van der Waals surface area contributed by atoms with Crippen molar-refractivity contribution in [3.8, 4) is 5.75 Å². The van der Waals surface area contributed by atoms with Gasteiger partial charge in [-0.15, -0.1) is 0 Å². The van der Waals surface area contributed by atoms with Gasteiger partial charge in [0.05, 0.1) is 0 Å². The maximum Gasteiger partial charge on any atom is 0.269 e. The number of aryl methyl sites for hydroxylation is 1. The lowest BCUT2D eigenvalue weighted by Crippen LogP contribution is -2.49. The topological polar surface area (TPSA) is 109 Å². The Morgan fingerprint density at radius 2 is 1.51 bits per heavy atom. The SMILES string of the molecule is Cc1cccc(C(=O)Nc2ccc(C(=O)NNC(=S)NC(=O)COc3ccc(C(C)(C)C)cc3)cc2)c1. The summed E-state index contributed by atoms with van der Waals surface area (Å²) in [5, 5.41) is 5.15. The molecule has 0 aliphatic heterocycles. The van der Waals surface area contributed by atoms with Crippen LogP contribution in [0.25, 0.3) is 0 Å². The molecule has 8 nitrogen and oxygen atoms in total. The van der Waals surface area contributed by atoms with Gasteiger partial charge in [-0.25, -0.2) is 0 Å². The number of carbonyl (C=O) groups excluding carboxylic acids is 3. The summed E-state index contributed by atoms with van der Waals surface area (Å²) in [6, 6.07) is 21.1. The summed E-state index contributed by atoms with van der Waals surface area (Å²) in [4.78, 5) is 36.9. The van der Waals surface area contributed by atoms with E-state index in [0.717, 1.165) is 11.1 Å². The van der Waals surface area contributed by atoms with Gasteiger partial charge in [-0.2, -0.15) is 0 Å². The second kappa shape index (κ2) is 12.1. The maximum absolute atomic E-state index is 12.4. The Morgan fingerprint density at radius 1 is 0.838 bits per heavy atom. The number of benzene rings is 3. The molecule has 0 saturated heterocycles. The normalized spacial score (nSPS) is 10.7. The Bertz CT molecular complexity index is 1280. The van der Waals surface area contributed by atoms with Gasteiger partial charge in [0.15, 0.2) is 11.7 Å². The van der Waals surface area contributed by atoms with E-state index in [0.29, 0.717) is 22.6 Å². The highest BCUT2D eigenvalue weighted by Gasteiger charge is 2.14. The number of hydrazine groups is 1. The minimum absolute atomic E-state index is 0.0256. The van der Waals surface area contributed by atoms with E-state index in [9.17, 15) is 14.4 Å². The second-order valence-corrected chi connectivity index (χ2v) is 9.83. The molecule has 0 radical (unpaired) electrons. The van der Waals surface area contributed by atoms with Crippen molar-refractivity contribution in [2.45, 2.75) is 33.1 Å². The van der Waals surface area contributed by atoms with E-state index in [1.807, 2.05) is 43.3 Å². The van der Waals surface area contributed by atoms with E-state index in [4.69, 9.17) is 17.0 Å². The molecular weight excluding hydrogens is 488 g/mol. The summed E-state index contributed by atoms with van der Waals surface area (Å²) in [5.41, 5.74) is 8.50. The molecule has 0 bridgehead atoms. The Labute approximate surface area is 221 Å². The number of anilines is 1. The van der Waals surface area contributed by atoms with Gasteiger partial charge in [0.1, 0.15) is 5.75 Å². The number of thiocarbonyl (C=S) groups is 1. The molecule has 0 aromatic heterocycles. The molecule has 3 amide bonds. The summed E-state index contributed by atoms with van der Waals surface area (Å²) in [6.45, 7) is 8.03. The highest BCUT2D eigenvalue weighted by Crippen LogP contribution is 2.24. The fourth-order valence-corrected chi connectivity index (χ4v) is 3.44. The van der Waals surface area contributed by atoms with Gasteiger partial charge in [-0.1, -0.05) is 50.6 Å². The zero-order chi connectivity index (χ0) is 27.0. The molecule has 0 aliphatic carbocycles. The molecule has 9 heteroatoms. The first kappa shape index (κ1) is 27.3. The van der Waals surface area contributed by atoms with Gasteiger partial charge in [-0.3, -0.25) is 30.6 Å². The smallest absolute Gasteiger partial charge is 0.269 e. The fraction of sp³-hybridized carbons (Fsp3) is 0.214. The molecule has 0 heterocycles. The van der Waals surface area contributed by atoms with Gasteiger partial charge in [0.2, 0.25) is 0 Å². The Balaban J connectivity index is 1.41. The van der Waals surface area contributed by atoms with Crippen molar-refractivity contribution in [3.63, 3.8) is 0 Å². The average molecular weight is 519 g/mol. The third-order valence-electron chi connectivity index (χ3n) is 5.32. The summed E-state index contributed by atoms with van der Waals surface area (Å²) in [6.07, 6.45) is 0. The highest BCUT2D eigenvalue weighted by molar-refractivity contribution is 7.80. The quantitative estimate of drug-likeness (QED) is 0.287. The van der Waals surface area contributed by atoms with Crippen LogP contribution in [0.5, 0.6) is 5.75 Å². The first-order valence-corrected chi connectivity index (χ1v) is 12.0. The minimum atomic E-state index is -0.472. The molecule has 192 valence electrons. The van der Waals surface area contributed by atoms with Crippen LogP contribution in [0.15, 0.2) is 72.8 Å². The number of hydrogen-bond acceptors (Lipinski definition) is 5. The Hall–Kier alpha value is -4.24. The highest BCUT2D eigenvalue weighted by atomic mass is 32.1. The summed E-state index contributed by atoms with van der Waals surface area (Å²) in [5.74, 6) is -0.618. The zero-order valence-corrected chi connectivity index (χ0v) is 22.0. The van der Waals surface area contributed by atoms with Gasteiger partial charge in [0.25, 0.3) is 17.7 Å². The molecule has 3 rings (SSSR count). The van der Waals surface area contributed by atoms with Crippen molar-refractivity contribution >= 4 is 40.7 Å². The monoisotopic (exact) mass is 518 g/mol. The average Bonchev–Trinajstić information content (AvgIpc) is 2.86. The van der Waals surface area contributed by atoms with Crippen LogP contribution < -0.4 is 26.2 Å². The number of ether oxygens (including phenoxy) is 1. The lowest BCUT2D eigenvalue weighted by Gasteiger charge is -2.19. The van der Waals surface area contributed by atoms with Crippen LogP contribution in [0.1, 0.15) is 52.6 Å². The minimum Gasteiger partial charge on any atom is -0.484 e. The lowest BCUT2D eigenvalue weighted by molar-refractivity contribution is -0.121. The number of hydrogen-bond donors (Lipinski definition) is 4.